The maximum atomic E-state index is 2.41. The van der Waals surface area contributed by atoms with Crippen molar-refractivity contribution in [2.24, 2.45) is 0 Å². The van der Waals surface area contributed by atoms with Gasteiger partial charge in [-0.15, -0.1) is 0 Å². The lowest BCUT2D eigenvalue weighted by atomic mass is 9.93. The van der Waals surface area contributed by atoms with E-state index in [1.165, 1.54) is 86.4 Å². The van der Waals surface area contributed by atoms with Gasteiger partial charge in [0.05, 0.1) is 11.0 Å². The smallest absolute Gasteiger partial charge is 0.179 e. The molecular weight excluding hydrogens is 873 g/mol. The molecule has 71 heavy (non-hydrogen) atoms. The van der Waals surface area contributed by atoms with Crippen molar-refractivity contribution in [3.8, 4) is 27.9 Å². The maximum absolute atomic E-state index is 2.73. The first-order valence-electron chi connectivity index (χ1n) is 24.5. The van der Waals surface area contributed by atoms with Crippen molar-refractivity contribution in [2.75, 3.05) is 4.90 Å². The van der Waals surface area contributed by atoms with Crippen LogP contribution in [0, 0.1) is 0 Å². The van der Waals surface area contributed by atoms with E-state index in [0.29, 0.717) is 0 Å². The highest BCUT2D eigenvalue weighted by molar-refractivity contribution is 7.19. The van der Waals surface area contributed by atoms with Gasteiger partial charge < -0.3 is 9.47 Å². The number of anilines is 3. The summed E-state index contributed by atoms with van der Waals surface area (Å²) in [5, 5.41) is 13.0. The number of hydrogen-bond donors (Lipinski definition) is 0. The number of hydrogen-bond acceptors (Lipinski definition) is 1. The molecule has 0 amide bonds. The molecule has 0 aliphatic rings. The van der Waals surface area contributed by atoms with Gasteiger partial charge in [-0.25, -0.2) is 0 Å². The monoisotopic (exact) mass is 920 g/mol. The topological polar surface area (TPSA) is 8.17 Å². The van der Waals surface area contributed by atoms with Gasteiger partial charge in [0.1, 0.15) is 0 Å². The molecule has 1 aromatic heterocycles. The molecule has 3 heteroatoms. The van der Waals surface area contributed by atoms with Crippen LogP contribution in [0.25, 0.3) is 71.3 Å². The Morgan fingerprint density at radius 1 is 0.282 bits per heavy atom. The molecule has 0 unspecified atom stereocenters. The molecule has 0 fully saturated rings. The fraction of sp³-hybridized carbons (Fsp3) is 0. The average molecular weight is 921 g/mol. The molecule has 0 saturated heterocycles. The molecule has 0 aliphatic carbocycles. The second-order valence-electron chi connectivity index (χ2n) is 18.4. The van der Waals surface area contributed by atoms with E-state index >= 15 is 0 Å². The highest BCUT2D eigenvalue weighted by atomic mass is 28.3. The SMILES string of the molecule is c1ccc(-n2c3ccccc3c3c(-c4ccc(N(c5ccc(-c6cc7ccccc7c7ccccc67)cc5)c5ccc([Si](c6ccccc6)(c6ccccc6)c6ccccc6)cc5)cc4)cccc32)cc1. The summed E-state index contributed by atoms with van der Waals surface area (Å²) in [5.74, 6) is 0. The Balaban J connectivity index is 0.962. The molecule has 13 aromatic rings. The highest BCUT2D eigenvalue weighted by Crippen LogP contribution is 2.42. The van der Waals surface area contributed by atoms with E-state index < -0.39 is 8.07 Å². The van der Waals surface area contributed by atoms with Crippen LogP contribution in [0.5, 0.6) is 0 Å². The van der Waals surface area contributed by atoms with E-state index in [1.54, 1.807) is 0 Å². The highest BCUT2D eigenvalue weighted by Gasteiger charge is 2.41. The Bertz CT molecular complexity index is 3900. The molecule has 334 valence electrons. The summed E-state index contributed by atoms with van der Waals surface area (Å²) < 4.78 is 2.39. The van der Waals surface area contributed by atoms with Crippen LogP contribution < -0.4 is 25.6 Å². The van der Waals surface area contributed by atoms with E-state index in [-0.39, 0.29) is 0 Å². The van der Waals surface area contributed by atoms with Crippen LogP contribution in [-0.4, -0.2) is 12.6 Å². The first kappa shape index (κ1) is 42.1. The van der Waals surface area contributed by atoms with Gasteiger partial charge in [-0.3, -0.25) is 0 Å². The Hall–Kier alpha value is -9.02. The Kier molecular flexibility index (Phi) is 10.6. The molecule has 13 rings (SSSR count). The van der Waals surface area contributed by atoms with Gasteiger partial charge in [-0.1, -0.05) is 224 Å². The quantitative estimate of drug-likeness (QED) is 0.0754. The van der Waals surface area contributed by atoms with E-state index in [4.69, 9.17) is 0 Å². The van der Waals surface area contributed by atoms with Crippen molar-refractivity contribution in [1.29, 1.82) is 0 Å². The van der Waals surface area contributed by atoms with Crippen LogP contribution >= 0.6 is 0 Å². The molecule has 2 nitrogen and oxygen atoms in total. The van der Waals surface area contributed by atoms with E-state index in [9.17, 15) is 0 Å². The Morgan fingerprint density at radius 2 is 0.704 bits per heavy atom. The van der Waals surface area contributed by atoms with Gasteiger partial charge in [0.15, 0.2) is 8.07 Å². The van der Waals surface area contributed by atoms with Crippen molar-refractivity contribution < 1.29 is 0 Å². The van der Waals surface area contributed by atoms with Crippen LogP contribution in [0.2, 0.25) is 0 Å². The number of para-hydroxylation sites is 2. The van der Waals surface area contributed by atoms with Gasteiger partial charge in [0.2, 0.25) is 0 Å². The summed E-state index contributed by atoms with van der Waals surface area (Å²) in [6.45, 7) is 0. The molecule has 0 spiro atoms. The fourth-order valence-electron chi connectivity index (χ4n) is 11.4. The number of benzene rings is 12. The van der Waals surface area contributed by atoms with E-state index in [0.717, 1.165) is 22.7 Å². The predicted octanol–water partition coefficient (Wildman–Crippen LogP) is 15.3. The molecule has 0 bridgehead atoms. The normalized spacial score (nSPS) is 11.7. The molecule has 0 aliphatic heterocycles. The average Bonchev–Trinajstić information content (AvgIpc) is 3.80. The van der Waals surface area contributed by atoms with Crippen LogP contribution in [0.4, 0.5) is 17.1 Å². The van der Waals surface area contributed by atoms with Crippen molar-refractivity contribution in [1.82, 2.24) is 4.57 Å². The molecule has 1 heterocycles. The largest absolute Gasteiger partial charge is 0.311 e. The second-order valence-corrected chi connectivity index (χ2v) is 22.2. The van der Waals surface area contributed by atoms with Crippen molar-refractivity contribution >= 4 is 89.2 Å². The van der Waals surface area contributed by atoms with Crippen molar-refractivity contribution in [3.05, 3.63) is 291 Å². The molecule has 12 aromatic carbocycles. The zero-order valence-corrected chi connectivity index (χ0v) is 40.1. The lowest BCUT2D eigenvalue weighted by molar-refractivity contribution is 1.18. The van der Waals surface area contributed by atoms with Crippen LogP contribution in [0.15, 0.2) is 291 Å². The number of rotatable bonds is 10. The molecule has 0 radical (unpaired) electrons. The number of fused-ring (bicyclic) bond motifs is 6. The van der Waals surface area contributed by atoms with Crippen LogP contribution in [0.1, 0.15) is 0 Å². The van der Waals surface area contributed by atoms with Crippen molar-refractivity contribution in [2.45, 2.75) is 0 Å². The first-order chi connectivity index (χ1) is 35.2. The lowest BCUT2D eigenvalue weighted by Gasteiger charge is -2.35. The molecule has 0 saturated carbocycles. The minimum absolute atomic E-state index is 1.09. The summed E-state index contributed by atoms with van der Waals surface area (Å²) in [7, 11) is -2.73. The molecular formula is C68H48N2Si. The van der Waals surface area contributed by atoms with Gasteiger partial charge in [-0.2, -0.15) is 0 Å². The van der Waals surface area contributed by atoms with E-state index in [1.807, 2.05) is 0 Å². The Morgan fingerprint density at radius 3 is 1.28 bits per heavy atom. The zero-order chi connectivity index (χ0) is 47.1. The fourth-order valence-corrected chi connectivity index (χ4v) is 16.1. The first-order valence-corrected chi connectivity index (χ1v) is 26.5. The van der Waals surface area contributed by atoms with Crippen molar-refractivity contribution in [3.63, 3.8) is 0 Å². The number of aromatic nitrogens is 1. The maximum Gasteiger partial charge on any atom is 0.179 e. The Labute approximate surface area is 415 Å². The summed E-state index contributed by atoms with van der Waals surface area (Å²) >= 11 is 0. The summed E-state index contributed by atoms with van der Waals surface area (Å²) in [6.07, 6.45) is 0. The van der Waals surface area contributed by atoms with Gasteiger partial charge in [0, 0.05) is 33.5 Å². The van der Waals surface area contributed by atoms with Gasteiger partial charge in [-0.05, 0) is 131 Å². The standard InChI is InChI=1S/C68H48N2Si/c1-5-21-52(22-6-1)70-66-34-18-17-32-64(66)68-61(33-19-35-67(68)70)49-36-40-53(41-37-49)69(54-42-38-50(39-43-54)65-48-51-20-13-14-29-60(51)62-30-15-16-31-63(62)65)55-44-46-59(47-45-55)71(56-23-7-2-8-24-56,57-25-9-3-10-26-57)58-27-11-4-12-28-58/h1-48H. The van der Waals surface area contributed by atoms with Gasteiger partial charge >= 0.3 is 0 Å². The second kappa shape index (κ2) is 17.8. The third-order valence-electron chi connectivity index (χ3n) is 14.5. The number of nitrogens with zero attached hydrogens (tertiary/aromatic N) is 2. The minimum Gasteiger partial charge on any atom is -0.311 e. The molecule has 0 N–H and O–H groups in total. The lowest BCUT2D eigenvalue weighted by Crippen LogP contribution is -2.74. The minimum atomic E-state index is -2.73. The van der Waals surface area contributed by atoms with E-state index in [2.05, 4.69) is 301 Å². The predicted molar refractivity (Wildman–Crippen MR) is 305 cm³/mol. The summed E-state index contributed by atoms with van der Waals surface area (Å²) in [6, 6.07) is 107. The summed E-state index contributed by atoms with van der Waals surface area (Å²) in [5.41, 5.74) is 11.6. The zero-order valence-electron chi connectivity index (χ0n) is 39.1. The third-order valence-corrected chi connectivity index (χ3v) is 19.3. The third kappa shape index (κ3) is 7.17. The van der Waals surface area contributed by atoms with Crippen LogP contribution in [0.3, 0.4) is 0 Å². The van der Waals surface area contributed by atoms with Crippen LogP contribution in [-0.2, 0) is 0 Å². The summed E-state index contributed by atoms with van der Waals surface area (Å²) in [4.78, 5) is 2.41. The van der Waals surface area contributed by atoms with Gasteiger partial charge in [0.25, 0.3) is 0 Å². The molecule has 0 atom stereocenters.